The normalized spacial score (nSPS) is 20.8. The maximum Gasteiger partial charge on any atom is 0.244 e. The van der Waals surface area contributed by atoms with Gasteiger partial charge in [-0.15, -0.1) is 0 Å². The van der Waals surface area contributed by atoms with Gasteiger partial charge in [0, 0.05) is 19.6 Å². The third-order valence-corrected chi connectivity index (χ3v) is 6.33. The first kappa shape index (κ1) is 15.8. The molecule has 1 fully saturated rings. The summed E-state index contributed by atoms with van der Waals surface area (Å²) in [6.45, 7) is 5.75. The average molecular weight is 317 g/mol. The minimum absolute atomic E-state index is 0.181. The number of halogens is 1. The van der Waals surface area contributed by atoms with E-state index in [0.717, 1.165) is 12.0 Å². The topological polar surface area (TPSA) is 63.4 Å². The molecule has 2 rings (SSSR count). The van der Waals surface area contributed by atoms with Crippen LogP contribution in [0.25, 0.3) is 0 Å². The van der Waals surface area contributed by atoms with Gasteiger partial charge in [-0.3, -0.25) is 0 Å². The molecule has 1 heterocycles. The highest BCUT2D eigenvalue weighted by Gasteiger charge is 2.34. The quantitative estimate of drug-likeness (QED) is 0.928. The Labute approximate surface area is 126 Å². The largest absolute Gasteiger partial charge is 0.326 e. The molecule has 0 bridgehead atoms. The van der Waals surface area contributed by atoms with Crippen LogP contribution in [0.4, 0.5) is 0 Å². The predicted octanol–water partition coefficient (Wildman–Crippen LogP) is 2.47. The van der Waals surface area contributed by atoms with E-state index in [-0.39, 0.29) is 9.92 Å². The molecular formula is C14H21ClN2O2S. The smallest absolute Gasteiger partial charge is 0.244 e. The number of hydrogen-bond acceptors (Lipinski definition) is 3. The minimum atomic E-state index is -3.50. The fourth-order valence-electron chi connectivity index (χ4n) is 2.54. The standard InChI is InChI=1S/C14H21ClN2O2S/c1-10(2)12-5-6-17(9-12)20(18,19)14-4-3-11(8-16)7-13(14)15/h3-4,7,10,12H,5-6,8-9,16H2,1-2H3. The number of nitrogens with two attached hydrogens (primary N) is 1. The summed E-state index contributed by atoms with van der Waals surface area (Å²) in [6, 6.07) is 4.90. The van der Waals surface area contributed by atoms with Crippen molar-refractivity contribution in [1.82, 2.24) is 4.31 Å². The third-order valence-electron chi connectivity index (χ3n) is 3.98. The lowest BCUT2D eigenvalue weighted by atomic mass is 9.96. The number of nitrogens with zero attached hydrogens (tertiary/aromatic N) is 1. The fraction of sp³-hybridized carbons (Fsp3) is 0.571. The van der Waals surface area contributed by atoms with E-state index in [1.165, 1.54) is 0 Å². The lowest BCUT2D eigenvalue weighted by Crippen LogP contribution is -2.29. The van der Waals surface area contributed by atoms with E-state index in [2.05, 4.69) is 13.8 Å². The van der Waals surface area contributed by atoms with Gasteiger partial charge in [0.15, 0.2) is 0 Å². The Morgan fingerprint density at radius 3 is 2.65 bits per heavy atom. The van der Waals surface area contributed by atoms with Crippen LogP contribution in [0.2, 0.25) is 5.02 Å². The third kappa shape index (κ3) is 3.01. The molecule has 0 saturated carbocycles. The van der Waals surface area contributed by atoms with Crippen molar-refractivity contribution < 1.29 is 8.42 Å². The molecule has 1 unspecified atom stereocenters. The van der Waals surface area contributed by atoms with Crippen LogP contribution < -0.4 is 5.73 Å². The van der Waals surface area contributed by atoms with Gasteiger partial charge in [-0.05, 0) is 36.0 Å². The number of hydrogen-bond donors (Lipinski definition) is 1. The molecule has 0 radical (unpaired) electrons. The molecule has 0 spiro atoms. The van der Waals surface area contributed by atoms with Crippen molar-refractivity contribution in [3.8, 4) is 0 Å². The molecule has 0 aliphatic carbocycles. The first-order valence-corrected chi connectivity index (χ1v) is 8.66. The van der Waals surface area contributed by atoms with Crippen molar-refractivity contribution in [2.24, 2.45) is 17.6 Å². The summed E-state index contributed by atoms with van der Waals surface area (Å²) in [7, 11) is -3.50. The number of benzene rings is 1. The van der Waals surface area contributed by atoms with E-state index in [9.17, 15) is 8.42 Å². The van der Waals surface area contributed by atoms with E-state index in [4.69, 9.17) is 17.3 Å². The number of rotatable bonds is 4. The van der Waals surface area contributed by atoms with Gasteiger partial charge in [-0.1, -0.05) is 31.5 Å². The first-order chi connectivity index (χ1) is 9.36. The zero-order valence-corrected chi connectivity index (χ0v) is 13.4. The van der Waals surface area contributed by atoms with Crippen LogP contribution in [0.15, 0.2) is 23.1 Å². The second-order valence-electron chi connectivity index (χ2n) is 5.62. The maximum atomic E-state index is 12.6. The van der Waals surface area contributed by atoms with Gasteiger partial charge in [0.25, 0.3) is 0 Å². The van der Waals surface area contributed by atoms with Crippen molar-refractivity contribution in [3.63, 3.8) is 0 Å². The number of sulfonamides is 1. The van der Waals surface area contributed by atoms with Crippen molar-refractivity contribution in [1.29, 1.82) is 0 Å². The molecule has 20 heavy (non-hydrogen) atoms. The molecule has 112 valence electrons. The Morgan fingerprint density at radius 2 is 2.15 bits per heavy atom. The van der Waals surface area contributed by atoms with E-state index >= 15 is 0 Å². The van der Waals surface area contributed by atoms with Crippen molar-refractivity contribution >= 4 is 21.6 Å². The molecule has 1 aromatic carbocycles. The molecule has 1 aliphatic rings. The second kappa shape index (κ2) is 6.02. The second-order valence-corrected chi connectivity index (χ2v) is 7.94. The highest BCUT2D eigenvalue weighted by atomic mass is 35.5. The fourth-order valence-corrected chi connectivity index (χ4v) is 4.59. The van der Waals surface area contributed by atoms with Crippen LogP contribution >= 0.6 is 11.6 Å². The van der Waals surface area contributed by atoms with Crippen LogP contribution in [0.3, 0.4) is 0 Å². The van der Waals surface area contributed by atoms with Gasteiger partial charge >= 0.3 is 0 Å². The first-order valence-electron chi connectivity index (χ1n) is 6.85. The van der Waals surface area contributed by atoms with Crippen LogP contribution in [0.1, 0.15) is 25.8 Å². The molecular weight excluding hydrogens is 296 g/mol. The zero-order chi connectivity index (χ0) is 14.9. The Kier molecular flexibility index (Phi) is 4.74. The summed E-state index contributed by atoms with van der Waals surface area (Å²) in [5.41, 5.74) is 6.36. The average Bonchev–Trinajstić information content (AvgIpc) is 2.88. The van der Waals surface area contributed by atoms with Gasteiger partial charge in [-0.25, -0.2) is 8.42 Å². The summed E-state index contributed by atoms with van der Waals surface area (Å²) >= 11 is 6.11. The summed E-state index contributed by atoms with van der Waals surface area (Å²) in [4.78, 5) is 0.181. The van der Waals surface area contributed by atoms with E-state index in [1.807, 2.05) is 0 Å². The zero-order valence-electron chi connectivity index (χ0n) is 11.8. The highest BCUT2D eigenvalue weighted by Crippen LogP contribution is 2.31. The molecule has 0 aromatic heterocycles. The van der Waals surface area contributed by atoms with Crippen molar-refractivity contribution in [2.75, 3.05) is 13.1 Å². The Morgan fingerprint density at radius 1 is 1.45 bits per heavy atom. The van der Waals surface area contributed by atoms with Crippen LogP contribution in [0, 0.1) is 11.8 Å². The summed E-state index contributed by atoms with van der Waals surface area (Å²) in [5, 5.41) is 0.251. The Hall–Kier alpha value is -0.620. The molecule has 1 saturated heterocycles. The predicted molar refractivity (Wildman–Crippen MR) is 81.0 cm³/mol. The van der Waals surface area contributed by atoms with E-state index < -0.39 is 10.0 Å². The van der Waals surface area contributed by atoms with Crippen LogP contribution in [-0.4, -0.2) is 25.8 Å². The monoisotopic (exact) mass is 316 g/mol. The summed E-state index contributed by atoms with van der Waals surface area (Å²) in [5.74, 6) is 0.914. The Balaban J connectivity index is 2.27. The molecule has 2 N–H and O–H groups in total. The minimum Gasteiger partial charge on any atom is -0.326 e. The maximum absolute atomic E-state index is 12.6. The van der Waals surface area contributed by atoms with Crippen LogP contribution in [-0.2, 0) is 16.6 Å². The SMILES string of the molecule is CC(C)C1CCN(S(=O)(=O)c2ccc(CN)cc2Cl)C1. The Bertz CT molecular complexity index is 587. The van der Waals surface area contributed by atoms with Gasteiger partial charge in [0.2, 0.25) is 10.0 Å². The molecule has 1 aliphatic heterocycles. The van der Waals surface area contributed by atoms with Gasteiger partial charge in [0.05, 0.1) is 5.02 Å². The molecule has 4 nitrogen and oxygen atoms in total. The molecule has 6 heteroatoms. The molecule has 0 amide bonds. The van der Waals surface area contributed by atoms with Crippen molar-refractivity contribution in [3.05, 3.63) is 28.8 Å². The highest BCUT2D eigenvalue weighted by molar-refractivity contribution is 7.89. The lowest BCUT2D eigenvalue weighted by Gasteiger charge is -2.19. The van der Waals surface area contributed by atoms with Gasteiger partial charge in [-0.2, -0.15) is 4.31 Å². The summed E-state index contributed by atoms with van der Waals surface area (Å²) < 4.78 is 26.8. The summed E-state index contributed by atoms with van der Waals surface area (Å²) in [6.07, 6.45) is 0.912. The lowest BCUT2D eigenvalue weighted by molar-refractivity contribution is 0.388. The van der Waals surface area contributed by atoms with Crippen LogP contribution in [0.5, 0.6) is 0 Å². The van der Waals surface area contributed by atoms with Crippen molar-refractivity contribution in [2.45, 2.75) is 31.7 Å². The molecule has 1 atom stereocenters. The van der Waals surface area contributed by atoms with E-state index in [0.29, 0.717) is 31.5 Å². The van der Waals surface area contributed by atoms with E-state index in [1.54, 1.807) is 22.5 Å². The molecule has 1 aromatic rings. The van der Waals surface area contributed by atoms with Gasteiger partial charge < -0.3 is 5.73 Å². The van der Waals surface area contributed by atoms with Gasteiger partial charge in [0.1, 0.15) is 4.90 Å².